The molecule has 0 spiro atoms. The van der Waals surface area contributed by atoms with E-state index in [-0.39, 0.29) is 0 Å². The average molecular weight is 260 g/mol. The van der Waals surface area contributed by atoms with Crippen molar-refractivity contribution in [3.8, 4) is 0 Å². The van der Waals surface area contributed by atoms with E-state index in [4.69, 9.17) is 9.05 Å². The van der Waals surface area contributed by atoms with Crippen molar-refractivity contribution in [2.45, 2.75) is 33.7 Å². The second kappa shape index (κ2) is 6.94. The average Bonchev–Trinajstić information content (AvgIpc) is 2.65. The summed E-state index contributed by atoms with van der Waals surface area (Å²) in [6.45, 7) is 7.22. The molecule has 1 rings (SSSR count). The summed E-state index contributed by atoms with van der Waals surface area (Å²) in [5.74, 6) is 0.965. The van der Waals surface area contributed by atoms with Crippen molar-refractivity contribution < 1.29 is 13.6 Å². The number of aryl methyl sites for hydroxylation is 2. The lowest BCUT2D eigenvalue weighted by Gasteiger charge is -2.16. The lowest BCUT2D eigenvalue weighted by atomic mass is 10.4. The lowest BCUT2D eigenvalue weighted by molar-refractivity contribution is 0.219. The predicted molar refractivity (Wildman–Crippen MR) is 67.3 cm³/mol. The van der Waals surface area contributed by atoms with E-state index >= 15 is 0 Å². The Morgan fingerprint density at radius 2 is 2.00 bits per heavy atom. The molecule has 1 aromatic rings. The Hall–Kier alpha value is -0.640. The van der Waals surface area contributed by atoms with Gasteiger partial charge in [0.2, 0.25) is 0 Å². The molecular weight excluding hydrogens is 239 g/mol. The molecule has 6 heteroatoms. The largest absolute Gasteiger partial charge is 0.335 e. The van der Waals surface area contributed by atoms with E-state index < -0.39 is 7.60 Å². The second-order valence-corrected chi connectivity index (χ2v) is 5.88. The van der Waals surface area contributed by atoms with Gasteiger partial charge in [0.25, 0.3) is 0 Å². The molecule has 0 aliphatic carbocycles. The molecule has 0 saturated heterocycles. The minimum absolute atomic E-state index is 0.418. The molecule has 17 heavy (non-hydrogen) atoms. The van der Waals surface area contributed by atoms with Crippen LogP contribution in [0.15, 0.2) is 12.4 Å². The van der Waals surface area contributed by atoms with Crippen LogP contribution in [0, 0.1) is 6.92 Å². The second-order valence-electron chi connectivity index (χ2n) is 3.69. The van der Waals surface area contributed by atoms with Gasteiger partial charge in [-0.05, 0) is 27.2 Å². The maximum Gasteiger partial charge on any atom is 0.330 e. The molecule has 0 aliphatic rings. The molecule has 0 aliphatic heterocycles. The van der Waals surface area contributed by atoms with E-state index in [0.717, 1.165) is 18.8 Å². The van der Waals surface area contributed by atoms with Gasteiger partial charge >= 0.3 is 7.60 Å². The standard InChI is InChI=1S/C11H21N2O3P/c1-4-15-17(14,16-5-2)10-6-8-13-9-7-12-11(13)3/h7,9H,4-6,8,10H2,1-3H3. The molecule has 1 heterocycles. The molecule has 0 saturated carbocycles. The molecular formula is C11H21N2O3P. The van der Waals surface area contributed by atoms with Crippen molar-refractivity contribution in [1.29, 1.82) is 0 Å². The van der Waals surface area contributed by atoms with Gasteiger partial charge in [0.1, 0.15) is 5.82 Å². The van der Waals surface area contributed by atoms with Gasteiger partial charge in [0, 0.05) is 18.9 Å². The maximum atomic E-state index is 12.2. The van der Waals surface area contributed by atoms with Crippen LogP contribution >= 0.6 is 7.60 Å². The van der Waals surface area contributed by atoms with Crippen LogP contribution < -0.4 is 0 Å². The lowest BCUT2D eigenvalue weighted by Crippen LogP contribution is -2.05. The molecule has 5 nitrogen and oxygen atoms in total. The van der Waals surface area contributed by atoms with Crippen molar-refractivity contribution in [3.63, 3.8) is 0 Å². The first-order chi connectivity index (χ1) is 8.11. The Balaban J connectivity index is 2.42. The SMILES string of the molecule is CCOP(=O)(CCCn1ccnc1C)OCC. The highest BCUT2D eigenvalue weighted by molar-refractivity contribution is 7.53. The first-order valence-electron chi connectivity index (χ1n) is 5.97. The Morgan fingerprint density at radius 1 is 1.35 bits per heavy atom. The van der Waals surface area contributed by atoms with Crippen molar-refractivity contribution in [3.05, 3.63) is 18.2 Å². The molecule has 98 valence electrons. The van der Waals surface area contributed by atoms with E-state index in [9.17, 15) is 4.57 Å². The Bertz CT molecular complexity index is 369. The molecule has 0 unspecified atom stereocenters. The first-order valence-corrected chi connectivity index (χ1v) is 7.70. The number of aromatic nitrogens is 2. The predicted octanol–water partition coefficient (Wildman–Crippen LogP) is 2.85. The third-order valence-electron chi connectivity index (χ3n) is 2.41. The number of imidazole rings is 1. The van der Waals surface area contributed by atoms with Gasteiger partial charge in [0.15, 0.2) is 0 Å². The van der Waals surface area contributed by atoms with Crippen LogP contribution in [0.4, 0.5) is 0 Å². The quantitative estimate of drug-likeness (QED) is 0.674. The van der Waals surface area contributed by atoms with E-state index in [2.05, 4.69) is 4.98 Å². The number of nitrogens with zero attached hydrogens (tertiary/aromatic N) is 2. The summed E-state index contributed by atoms with van der Waals surface area (Å²) in [5.41, 5.74) is 0. The fourth-order valence-corrected chi connectivity index (χ4v) is 3.28. The van der Waals surface area contributed by atoms with E-state index in [0.29, 0.717) is 19.4 Å². The van der Waals surface area contributed by atoms with Gasteiger partial charge in [-0.15, -0.1) is 0 Å². The van der Waals surface area contributed by atoms with Gasteiger partial charge in [-0.3, -0.25) is 4.57 Å². The van der Waals surface area contributed by atoms with E-state index in [1.54, 1.807) is 6.20 Å². The topological polar surface area (TPSA) is 53.4 Å². The summed E-state index contributed by atoms with van der Waals surface area (Å²) in [7, 11) is -2.89. The van der Waals surface area contributed by atoms with Gasteiger partial charge < -0.3 is 13.6 Å². The highest BCUT2D eigenvalue weighted by Gasteiger charge is 2.22. The van der Waals surface area contributed by atoms with E-state index in [1.165, 1.54) is 0 Å². The van der Waals surface area contributed by atoms with Crippen LogP contribution in [0.3, 0.4) is 0 Å². The molecule has 0 fully saturated rings. The third-order valence-corrected chi connectivity index (χ3v) is 4.57. The molecule has 0 bridgehead atoms. The fourth-order valence-electron chi connectivity index (χ4n) is 1.63. The molecule has 0 atom stereocenters. The Morgan fingerprint density at radius 3 is 2.47 bits per heavy atom. The summed E-state index contributed by atoms with van der Waals surface area (Å²) in [6.07, 6.45) is 4.89. The van der Waals surface area contributed by atoms with Crippen molar-refractivity contribution in [2.75, 3.05) is 19.4 Å². The number of rotatable bonds is 8. The fraction of sp³-hybridized carbons (Fsp3) is 0.727. The van der Waals surface area contributed by atoms with Crippen LogP contribution in [0.5, 0.6) is 0 Å². The van der Waals surface area contributed by atoms with Crippen LogP contribution in [0.1, 0.15) is 26.1 Å². The Labute approximate surface area is 103 Å². The summed E-state index contributed by atoms with van der Waals surface area (Å²) >= 11 is 0. The third kappa shape index (κ3) is 4.62. The van der Waals surface area contributed by atoms with Crippen molar-refractivity contribution >= 4 is 7.60 Å². The van der Waals surface area contributed by atoms with Crippen LogP contribution in [-0.2, 0) is 20.2 Å². The van der Waals surface area contributed by atoms with Gasteiger partial charge in [-0.1, -0.05) is 0 Å². The molecule has 1 aromatic heterocycles. The summed E-state index contributed by atoms with van der Waals surface area (Å²) < 4.78 is 24.6. The van der Waals surface area contributed by atoms with E-state index in [1.807, 2.05) is 31.5 Å². The molecule has 0 amide bonds. The highest BCUT2D eigenvalue weighted by Crippen LogP contribution is 2.48. The maximum absolute atomic E-state index is 12.2. The van der Waals surface area contributed by atoms with Gasteiger partial charge in [-0.25, -0.2) is 4.98 Å². The smallest absolute Gasteiger partial charge is 0.330 e. The van der Waals surface area contributed by atoms with Crippen LogP contribution in [-0.4, -0.2) is 28.9 Å². The Kier molecular flexibility index (Phi) is 5.89. The number of hydrogen-bond acceptors (Lipinski definition) is 4. The van der Waals surface area contributed by atoms with Gasteiger partial charge in [0.05, 0.1) is 19.4 Å². The summed E-state index contributed by atoms with van der Waals surface area (Å²) in [5, 5.41) is 0. The summed E-state index contributed by atoms with van der Waals surface area (Å²) in [6, 6.07) is 0. The molecule has 0 N–H and O–H groups in total. The van der Waals surface area contributed by atoms with Gasteiger partial charge in [-0.2, -0.15) is 0 Å². The highest BCUT2D eigenvalue weighted by atomic mass is 31.2. The van der Waals surface area contributed by atoms with Crippen molar-refractivity contribution in [2.24, 2.45) is 0 Å². The van der Waals surface area contributed by atoms with Crippen molar-refractivity contribution in [1.82, 2.24) is 9.55 Å². The van der Waals surface area contributed by atoms with Crippen LogP contribution in [0.2, 0.25) is 0 Å². The zero-order valence-corrected chi connectivity index (χ0v) is 11.7. The monoisotopic (exact) mass is 260 g/mol. The zero-order chi connectivity index (χ0) is 12.7. The minimum Gasteiger partial charge on any atom is -0.335 e. The van der Waals surface area contributed by atoms with Crippen LogP contribution in [0.25, 0.3) is 0 Å². The summed E-state index contributed by atoms with van der Waals surface area (Å²) in [4.78, 5) is 4.14. The number of hydrogen-bond donors (Lipinski definition) is 0. The normalized spacial score (nSPS) is 11.9. The zero-order valence-electron chi connectivity index (χ0n) is 10.8. The minimum atomic E-state index is -2.89. The molecule has 0 radical (unpaired) electrons. The first kappa shape index (κ1) is 14.4. The molecule has 0 aromatic carbocycles.